The first kappa shape index (κ1) is 20.7. The summed E-state index contributed by atoms with van der Waals surface area (Å²) < 4.78 is 2.22. The van der Waals surface area contributed by atoms with E-state index in [4.69, 9.17) is 0 Å². The van der Waals surface area contributed by atoms with E-state index in [1.165, 1.54) is 24.9 Å². The minimum atomic E-state index is -0.376. The first-order valence-corrected chi connectivity index (χ1v) is 10.5. The Bertz CT molecular complexity index is 925. The van der Waals surface area contributed by atoms with Crippen molar-refractivity contribution in [1.82, 2.24) is 4.57 Å². The predicted octanol–water partition coefficient (Wildman–Crippen LogP) is 5.05. The average molecular weight is 391 g/mol. The Morgan fingerprint density at radius 2 is 1.86 bits per heavy atom. The van der Waals surface area contributed by atoms with Crippen LogP contribution in [-0.4, -0.2) is 23.6 Å². The quantitative estimate of drug-likeness (QED) is 0.554. The third kappa shape index (κ3) is 4.89. The van der Waals surface area contributed by atoms with Gasteiger partial charge in [0.25, 0.3) is 5.91 Å². The van der Waals surface area contributed by atoms with Gasteiger partial charge in [0.2, 0.25) is 0 Å². The number of nitriles is 1. The van der Waals surface area contributed by atoms with E-state index in [0.29, 0.717) is 5.69 Å². The summed E-state index contributed by atoms with van der Waals surface area (Å²) in [6.07, 6.45) is 6.49. The van der Waals surface area contributed by atoms with Crippen LogP contribution in [0.5, 0.6) is 0 Å². The Hall–Kier alpha value is -3.00. The van der Waals surface area contributed by atoms with Gasteiger partial charge in [-0.1, -0.05) is 6.92 Å². The number of hydrogen-bond donors (Lipinski definition) is 1. The molecule has 5 heteroatoms. The van der Waals surface area contributed by atoms with Crippen LogP contribution in [0.3, 0.4) is 0 Å². The van der Waals surface area contributed by atoms with Crippen molar-refractivity contribution in [2.24, 2.45) is 0 Å². The lowest BCUT2D eigenvalue weighted by atomic mass is 10.1. The summed E-state index contributed by atoms with van der Waals surface area (Å²) in [6.45, 7) is 9.33. The molecule has 29 heavy (non-hydrogen) atoms. The third-order valence-corrected chi connectivity index (χ3v) is 5.57. The number of amides is 1. The molecule has 1 amide bonds. The van der Waals surface area contributed by atoms with Gasteiger partial charge in [-0.2, -0.15) is 5.26 Å². The fourth-order valence-electron chi connectivity index (χ4n) is 3.95. The van der Waals surface area contributed by atoms with Crippen LogP contribution in [0.4, 0.5) is 11.4 Å². The molecule has 0 bridgehead atoms. The van der Waals surface area contributed by atoms with Crippen molar-refractivity contribution in [3.05, 3.63) is 52.9 Å². The van der Waals surface area contributed by atoms with Gasteiger partial charge in [0.15, 0.2) is 0 Å². The lowest BCUT2D eigenvalue weighted by Gasteiger charge is -2.28. The minimum Gasteiger partial charge on any atom is -0.372 e. The molecule has 1 N–H and O–H groups in total. The molecule has 2 heterocycles. The zero-order chi connectivity index (χ0) is 20.8. The summed E-state index contributed by atoms with van der Waals surface area (Å²) in [5.74, 6) is -0.376. The van der Waals surface area contributed by atoms with E-state index >= 15 is 0 Å². The second-order valence-electron chi connectivity index (χ2n) is 7.70. The molecule has 1 aromatic heterocycles. The summed E-state index contributed by atoms with van der Waals surface area (Å²) in [7, 11) is 0. The molecule has 1 saturated heterocycles. The standard InChI is InChI=1S/C24H30N4O/c1-4-12-28-18(2)15-20(19(28)3)16-21(17-25)24(29)26-22-8-10-23(11-9-22)27-13-6-5-7-14-27/h8-11,15-16H,4-7,12-14H2,1-3H3,(H,26,29)/b21-16+. The normalized spacial score (nSPS) is 14.6. The Kier molecular flexibility index (Phi) is 6.77. The topological polar surface area (TPSA) is 61.1 Å². The smallest absolute Gasteiger partial charge is 0.266 e. The van der Waals surface area contributed by atoms with Crippen molar-refractivity contribution in [2.75, 3.05) is 23.3 Å². The zero-order valence-corrected chi connectivity index (χ0v) is 17.7. The van der Waals surface area contributed by atoms with Gasteiger partial charge >= 0.3 is 0 Å². The molecule has 0 spiro atoms. The first-order chi connectivity index (χ1) is 14.0. The molecule has 152 valence electrons. The molecule has 0 radical (unpaired) electrons. The van der Waals surface area contributed by atoms with Crippen molar-refractivity contribution < 1.29 is 4.79 Å². The molecular weight excluding hydrogens is 360 g/mol. The number of anilines is 2. The van der Waals surface area contributed by atoms with Gasteiger partial charge in [0.05, 0.1) is 0 Å². The summed E-state index contributed by atoms with van der Waals surface area (Å²) >= 11 is 0. The number of nitrogens with one attached hydrogen (secondary N) is 1. The van der Waals surface area contributed by atoms with Crippen molar-refractivity contribution in [3.63, 3.8) is 0 Å². The Morgan fingerprint density at radius 3 is 2.48 bits per heavy atom. The molecule has 1 aromatic carbocycles. The number of aryl methyl sites for hydroxylation is 1. The summed E-state index contributed by atoms with van der Waals surface area (Å²) in [6, 6.07) is 12.0. The van der Waals surface area contributed by atoms with Crippen molar-refractivity contribution >= 4 is 23.4 Å². The highest BCUT2D eigenvalue weighted by Gasteiger charge is 2.14. The van der Waals surface area contributed by atoms with Crippen LogP contribution < -0.4 is 10.2 Å². The van der Waals surface area contributed by atoms with Gasteiger partial charge in [0, 0.05) is 42.4 Å². The van der Waals surface area contributed by atoms with Gasteiger partial charge in [-0.25, -0.2) is 0 Å². The molecule has 1 fully saturated rings. The molecule has 0 unspecified atom stereocenters. The zero-order valence-electron chi connectivity index (χ0n) is 17.7. The molecule has 1 aliphatic rings. The molecular formula is C24H30N4O. The Labute approximate surface area is 173 Å². The maximum absolute atomic E-state index is 12.6. The minimum absolute atomic E-state index is 0.113. The average Bonchev–Trinajstić information content (AvgIpc) is 3.00. The number of aromatic nitrogens is 1. The van der Waals surface area contributed by atoms with Gasteiger partial charge < -0.3 is 14.8 Å². The monoisotopic (exact) mass is 390 g/mol. The summed E-state index contributed by atoms with van der Waals surface area (Å²) in [4.78, 5) is 15.0. The number of carbonyl (C=O) groups is 1. The highest BCUT2D eigenvalue weighted by molar-refractivity contribution is 6.09. The molecule has 0 saturated carbocycles. The van der Waals surface area contributed by atoms with E-state index in [1.807, 2.05) is 37.3 Å². The fraction of sp³-hybridized carbons (Fsp3) is 0.417. The maximum atomic E-state index is 12.6. The van der Waals surface area contributed by atoms with E-state index in [9.17, 15) is 10.1 Å². The molecule has 2 aromatic rings. The SMILES string of the molecule is CCCn1c(C)cc(/C=C(\C#N)C(=O)Nc2ccc(N3CCCCC3)cc2)c1C. The van der Waals surface area contributed by atoms with Crippen molar-refractivity contribution in [1.29, 1.82) is 5.26 Å². The molecule has 3 rings (SSSR count). The van der Waals surface area contributed by atoms with Gasteiger partial charge in [-0.15, -0.1) is 0 Å². The van der Waals surface area contributed by atoms with Gasteiger partial charge in [-0.05, 0) is 81.5 Å². The van der Waals surface area contributed by atoms with Gasteiger partial charge in [0.1, 0.15) is 11.6 Å². The maximum Gasteiger partial charge on any atom is 0.266 e. The Balaban J connectivity index is 1.72. The van der Waals surface area contributed by atoms with Crippen molar-refractivity contribution in [2.45, 2.75) is 53.0 Å². The molecule has 0 aliphatic carbocycles. The number of nitrogens with zero attached hydrogens (tertiary/aromatic N) is 3. The van der Waals surface area contributed by atoms with Crippen LogP contribution in [0, 0.1) is 25.2 Å². The number of hydrogen-bond acceptors (Lipinski definition) is 3. The first-order valence-electron chi connectivity index (χ1n) is 10.5. The lowest BCUT2D eigenvalue weighted by molar-refractivity contribution is -0.112. The summed E-state index contributed by atoms with van der Waals surface area (Å²) in [5.41, 5.74) is 5.14. The number of benzene rings is 1. The number of carbonyl (C=O) groups excluding carboxylic acids is 1. The van der Waals surface area contributed by atoms with Crippen LogP contribution in [0.15, 0.2) is 35.9 Å². The summed E-state index contributed by atoms with van der Waals surface area (Å²) in [5, 5.41) is 12.4. The number of rotatable bonds is 6. The van der Waals surface area contributed by atoms with Crippen molar-refractivity contribution in [3.8, 4) is 6.07 Å². The number of piperidine rings is 1. The highest BCUT2D eigenvalue weighted by Crippen LogP contribution is 2.23. The second kappa shape index (κ2) is 9.47. The van der Waals surface area contributed by atoms with E-state index in [2.05, 4.69) is 34.7 Å². The third-order valence-electron chi connectivity index (χ3n) is 5.57. The van der Waals surface area contributed by atoms with Gasteiger partial charge in [-0.3, -0.25) is 4.79 Å². The largest absolute Gasteiger partial charge is 0.372 e. The highest BCUT2D eigenvalue weighted by atomic mass is 16.1. The van der Waals surface area contributed by atoms with E-state index < -0.39 is 0 Å². The lowest BCUT2D eigenvalue weighted by Crippen LogP contribution is -2.29. The van der Waals surface area contributed by atoms with Crippen LogP contribution in [0.2, 0.25) is 0 Å². The van der Waals surface area contributed by atoms with E-state index in [-0.39, 0.29) is 11.5 Å². The van der Waals surface area contributed by atoms with E-state index in [0.717, 1.165) is 43.0 Å². The van der Waals surface area contributed by atoms with Crippen LogP contribution in [0.25, 0.3) is 6.08 Å². The fourth-order valence-corrected chi connectivity index (χ4v) is 3.95. The van der Waals surface area contributed by atoms with Crippen LogP contribution >= 0.6 is 0 Å². The predicted molar refractivity (Wildman–Crippen MR) is 119 cm³/mol. The molecule has 5 nitrogen and oxygen atoms in total. The second-order valence-corrected chi connectivity index (χ2v) is 7.70. The molecule has 1 aliphatic heterocycles. The van der Waals surface area contributed by atoms with Crippen LogP contribution in [0.1, 0.15) is 49.6 Å². The van der Waals surface area contributed by atoms with E-state index in [1.54, 1.807) is 6.08 Å². The van der Waals surface area contributed by atoms with Crippen LogP contribution in [-0.2, 0) is 11.3 Å². The molecule has 0 atom stereocenters. The Morgan fingerprint density at radius 1 is 1.17 bits per heavy atom.